The second-order valence-corrected chi connectivity index (χ2v) is 6.53. The first kappa shape index (κ1) is 19.2. The molecule has 28 heavy (non-hydrogen) atoms. The lowest BCUT2D eigenvalue weighted by atomic mass is 10.1. The van der Waals surface area contributed by atoms with E-state index in [4.69, 9.17) is 5.73 Å². The standard InChI is InChI=1S/C23H23N3O2/c1-17-7-9-18(10-8-17)22(27)15-16-25-23(28)26(20-5-3-2-4-6-20)21-13-11-19(24)12-14-21/h2-14H,15-16,24H2,1H3,(H,25,28). The van der Waals surface area contributed by atoms with Gasteiger partial charge in [0.15, 0.2) is 5.78 Å². The quantitative estimate of drug-likeness (QED) is 0.486. The molecule has 0 saturated carbocycles. The number of hydrogen-bond donors (Lipinski definition) is 2. The smallest absolute Gasteiger partial charge is 0.326 e. The molecule has 3 aromatic carbocycles. The van der Waals surface area contributed by atoms with Gasteiger partial charge in [0.05, 0.1) is 11.4 Å². The average Bonchev–Trinajstić information content (AvgIpc) is 2.71. The molecule has 0 bridgehead atoms. The van der Waals surface area contributed by atoms with Gasteiger partial charge < -0.3 is 11.1 Å². The van der Waals surface area contributed by atoms with Crippen LogP contribution in [0.1, 0.15) is 22.3 Å². The Morgan fingerprint density at radius 3 is 2.11 bits per heavy atom. The van der Waals surface area contributed by atoms with E-state index < -0.39 is 0 Å². The number of rotatable bonds is 6. The number of nitrogen functional groups attached to an aromatic ring is 1. The van der Waals surface area contributed by atoms with E-state index in [1.165, 1.54) is 0 Å². The van der Waals surface area contributed by atoms with E-state index in [-0.39, 0.29) is 24.8 Å². The number of nitrogens with two attached hydrogens (primary N) is 1. The highest BCUT2D eigenvalue weighted by Gasteiger charge is 2.18. The number of hydrogen-bond acceptors (Lipinski definition) is 3. The Hall–Kier alpha value is -3.60. The SMILES string of the molecule is Cc1ccc(C(=O)CCNC(=O)N(c2ccccc2)c2ccc(N)cc2)cc1. The number of ketones is 1. The van der Waals surface area contributed by atoms with E-state index in [1.807, 2.05) is 61.5 Å². The van der Waals surface area contributed by atoms with E-state index in [0.717, 1.165) is 11.3 Å². The van der Waals surface area contributed by atoms with Crippen molar-refractivity contribution in [3.63, 3.8) is 0 Å². The minimum absolute atomic E-state index is 0.000884. The number of benzene rings is 3. The normalized spacial score (nSPS) is 10.3. The van der Waals surface area contributed by atoms with Crippen LogP contribution in [0.4, 0.5) is 21.9 Å². The van der Waals surface area contributed by atoms with Crippen molar-refractivity contribution in [2.75, 3.05) is 17.2 Å². The summed E-state index contributed by atoms with van der Waals surface area (Å²) in [6.45, 7) is 2.23. The van der Waals surface area contributed by atoms with Gasteiger partial charge in [-0.15, -0.1) is 0 Å². The molecule has 0 fully saturated rings. The molecule has 0 aliphatic rings. The van der Waals surface area contributed by atoms with Gasteiger partial charge >= 0.3 is 6.03 Å². The first-order valence-corrected chi connectivity index (χ1v) is 9.13. The molecule has 5 nitrogen and oxygen atoms in total. The van der Waals surface area contributed by atoms with E-state index >= 15 is 0 Å². The number of nitrogens with zero attached hydrogens (tertiary/aromatic N) is 1. The summed E-state index contributed by atoms with van der Waals surface area (Å²) in [6.07, 6.45) is 0.235. The minimum Gasteiger partial charge on any atom is -0.399 e. The van der Waals surface area contributed by atoms with Gasteiger partial charge in [0.1, 0.15) is 0 Å². The maximum absolute atomic E-state index is 12.9. The molecule has 0 unspecified atom stereocenters. The van der Waals surface area contributed by atoms with E-state index in [1.54, 1.807) is 29.2 Å². The Balaban J connectivity index is 1.68. The summed E-state index contributed by atoms with van der Waals surface area (Å²) in [5.41, 5.74) is 9.57. The lowest BCUT2D eigenvalue weighted by Crippen LogP contribution is -2.37. The third kappa shape index (κ3) is 4.76. The topological polar surface area (TPSA) is 75.4 Å². The third-order valence-electron chi connectivity index (χ3n) is 4.37. The Morgan fingerprint density at radius 1 is 0.857 bits per heavy atom. The molecule has 0 heterocycles. The van der Waals surface area contributed by atoms with Crippen LogP contribution < -0.4 is 16.0 Å². The summed E-state index contributed by atoms with van der Waals surface area (Å²) in [5, 5.41) is 2.84. The van der Waals surface area contributed by atoms with Gasteiger partial charge in [-0.25, -0.2) is 4.79 Å². The Bertz CT molecular complexity index is 936. The Labute approximate surface area is 164 Å². The molecule has 0 saturated heterocycles. The molecule has 0 spiro atoms. The van der Waals surface area contributed by atoms with Gasteiger partial charge in [0.2, 0.25) is 0 Å². The fourth-order valence-electron chi connectivity index (χ4n) is 2.83. The van der Waals surface area contributed by atoms with E-state index in [9.17, 15) is 9.59 Å². The lowest BCUT2D eigenvalue weighted by molar-refractivity contribution is 0.0983. The molecule has 3 rings (SSSR count). The van der Waals surface area contributed by atoms with E-state index in [2.05, 4.69) is 5.32 Å². The number of urea groups is 1. The number of amides is 2. The van der Waals surface area contributed by atoms with Crippen molar-refractivity contribution in [3.05, 3.63) is 90.0 Å². The van der Waals surface area contributed by atoms with Crippen molar-refractivity contribution in [2.24, 2.45) is 0 Å². The Morgan fingerprint density at radius 2 is 1.46 bits per heavy atom. The van der Waals surface area contributed by atoms with Crippen molar-refractivity contribution in [2.45, 2.75) is 13.3 Å². The zero-order chi connectivity index (χ0) is 19.9. The molecule has 0 aromatic heterocycles. The van der Waals surface area contributed by atoms with Crippen LogP contribution in [0.25, 0.3) is 0 Å². The number of aryl methyl sites for hydroxylation is 1. The molecule has 0 aliphatic heterocycles. The molecule has 5 heteroatoms. The van der Waals surface area contributed by atoms with Crippen LogP contribution in [-0.2, 0) is 0 Å². The zero-order valence-electron chi connectivity index (χ0n) is 15.8. The average molecular weight is 373 g/mol. The van der Waals surface area contributed by atoms with Gasteiger partial charge in [-0.1, -0.05) is 48.0 Å². The molecule has 0 radical (unpaired) electrons. The number of Topliss-reactive ketones (excluding diaryl/α,β-unsaturated/α-hetero) is 1. The zero-order valence-corrected chi connectivity index (χ0v) is 15.8. The van der Waals surface area contributed by atoms with Crippen LogP contribution in [-0.4, -0.2) is 18.4 Å². The molecule has 3 aromatic rings. The predicted octanol–water partition coefficient (Wildman–Crippen LogP) is 4.70. The number of carbonyl (C=O) groups excluding carboxylic acids is 2. The summed E-state index contributed by atoms with van der Waals surface area (Å²) in [7, 11) is 0. The maximum atomic E-state index is 12.9. The van der Waals surface area contributed by atoms with Crippen LogP contribution in [0.15, 0.2) is 78.9 Å². The van der Waals surface area contributed by atoms with Crippen molar-refractivity contribution in [3.8, 4) is 0 Å². The highest BCUT2D eigenvalue weighted by molar-refractivity contribution is 6.00. The van der Waals surface area contributed by atoms with Crippen LogP contribution in [0.3, 0.4) is 0 Å². The van der Waals surface area contributed by atoms with Gasteiger partial charge in [-0.2, -0.15) is 0 Å². The minimum atomic E-state index is -0.298. The molecule has 142 valence electrons. The molecular weight excluding hydrogens is 350 g/mol. The first-order chi connectivity index (χ1) is 13.5. The second-order valence-electron chi connectivity index (χ2n) is 6.53. The molecule has 2 amide bonds. The highest BCUT2D eigenvalue weighted by Crippen LogP contribution is 2.26. The summed E-state index contributed by atoms with van der Waals surface area (Å²) in [6, 6.07) is 23.6. The van der Waals surface area contributed by atoms with Gasteiger partial charge in [-0.05, 0) is 43.3 Å². The molecule has 0 atom stereocenters. The fourth-order valence-corrected chi connectivity index (χ4v) is 2.83. The van der Waals surface area contributed by atoms with Crippen molar-refractivity contribution in [1.82, 2.24) is 5.32 Å². The van der Waals surface area contributed by atoms with Gasteiger partial charge in [0, 0.05) is 24.2 Å². The number of para-hydroxylation sites is 1. The molecule has 3 N–H and O–H groups in total. The predicted molar refractivity (Wildman–Crippen MR) is 113 cm³/mol. The lowest BCUT2D eigenvalue weighted by Gasteiger charge is -2.23. The van der Waals surface area contributed by atoms with Crippen LogP contribution in [0, 0.1) is 6.92 Å². The summed E-state index contributed by atoms with van der Waals surface area (Å²) in [4.78, 5) is 26.7. The number of anilines is 3. The van der Waals surface area contributed by atoms with Crippen molar-refractivity contribution in [1.29, 1.82) is 0 Å². The van der Waals surface area contributed by atoms with E-state index in [0.29, 0.717) is 16.9 Å². The third-order valence-corrected chi connectivity index (χ3v) is 4.37. The summed E-state index contributed by atoms with van der Waals surface area (Å²) in [5.74, 6) is -0.000884. The van der Waals surface area contributed by atoms with Crippen LogP contribution in [0.5, 0.6) is 0 Å². The highest BCUT2D eigenvalue weighted by atomic mass is 16.2. The number of nitrogens with one attached hydrogen (secondary N) is 1. The Kier molecular flexibility index (Phi) is 6.07. The van der Waals surface area contributed by atoms with Crippen LogP contribution >= 0.6 is 0 Å². The largest absolute Gasteiger partial charge is 0.399 e. The monoisotopic (exact) mass is 373 g/mol. The molecular formula is C23H23N3O2. The second kappa shape index (κ2) is 8.86. The first-order valence-electron chi connectivity index (χ1n) is 9.13. The number of carbonyl (C=O) groups is 2. The fraction of sp³-hybridized carbons (Fsp3) is 0.130. The summed E-state index contributed by atoms with van der Waals surface area (Å²) >= 11 is 0. The van der Waals surface area contributed by atoms with Crippen molar-refractivity contribution < 1.29 is 9.59 Å². The van der Waals surface area contributed by atoms with Gasteiger partial charge in [0.25, 0.3) is 0 Å². The maximum Gasteiger partial charge on any atom is 0.326 e. The summed E-state index contributed by atoms with van der Waals surface area (Å²) < 4.78 is 0. The molecule has 0 aliphatic carbocycles. The van der Waals surface area contributed by atoms with Crippen LogP contribution in [0.2, 0.25) is 0 Å². The van der Waals surface area contributed by atoms with Gasteiger partial charge in [-0.3, -0.25) is 9.69 Å². The van der Waals surface area contributed by atoms with Crippen molar-refractivity contribution >= 4 is 28.9 Å².